The quantitative estimate of drug-likeness (QED) is 0.0542. The fourth-order valence-corrected chi connectivity index (χ4v) is 7.39. The van der Waals surface area contributed by atoms with E-state index in [2.05, 4.69) is 6.92 Å². The van der Waals surface area contributed by atoms with Gasteiger partial charge >= 0.3 is 5.97 Å². The van der Waals surface area contributed by atoms with Crippen molar-refractivity contribution in [1.82, 2.24) is 4.90 Å². The molecule has 0 saturated carbocycles. The Balaban J connectivity index is 1.83. The molecule has 0 bridgehead atoms. The van der Waals surface area contributed by atoms with Gasteiger partial charge in [0.1, 0.15) is 0 Å². The number of thiocarbonyl (C=S) groups is 1. The second-order valence-electron chi connectivity index (χ2n) is 13.9. The average Bonchev–Trinajstić information content (AvgIpc) is 3.41. The van der Waals surface area contributed by atoms with Crippen LogP contribution in [0.5, 0.6) is 0 Å². The van der Waals surface area contributed by atoms with E-state index in [-0.39, 0.29) is 23.9 Å². The number of amides is 1. The van der Waals surface area contributed by atoms with Gasteiger partial charge in [-0.2, -0.15) is 0 Å². The smallest absolute Gasteiger partial charge is 0.337 e. The van der Waals surface area contributed by atoms with Gasteiger partial charge in [0.25, 0.3) is 5.17 Å². The van der Waals surface area contributed by atoms with Gasteiger partial charge in [0.05, 0.1) is 12.0 Å². The summed E-state index contributed by atoms with van der Waals surface area (Å²) in [7, 11) is 0. The first-order valence-electron chi connectivity index (χ1n) is 18.2. The van der Waals surface area contributed by atoms with Gasteiger partial charge in [-0.05, 0) is 43.8 Å². The van der Waals surface area contributed by atoms with E-state index in [1.54, 1.807) is 0 Å². The lowest BCUT2D eigenvalue weighted by Gasteiger charge is -2.39. The van der Waals surface area contributed by atoms with Gasteiger partial charge in [-0.25, -0.2) is 22.4 Å². The highest BCUT2D eigenvalue weighted by molar-refractivity contribution is 7.80. The van der Waals surface area contributed by atoms with Gasteiger partial charge < -0.3 is 14.9 Å². The molecule has 1 heterocycles. The highest BCUT2D eigenvalue weighted by Gasteiger charge is 2.60. The zero-order chi connectivity index (χ0) is 37.7. The van der Waals surface area contributed by atoms with E-state index in [0.29, 0.717) is 49.7 Å². The molecule has 3 rings (SSSR count). The first kappa shape index (κ1) is 42.1. The van der Waals surface area contributed by atoms with E-state index in [9.17, 15) is 37.4 Å². The summed E-state index contributed by atoms with van der Waals surface area (Å²) in [5, 5.41) is 21.2. The number of rotatable bonds is 22. The molecule has 2 aromatic rings. The van der Waals surface area contributed by atoms with Crippen LogP contribution in [0.1, 0.15) is 115 Å². The molecule has 0 unspecified atom stereocenters. The largest absolute Gasteiger partial charge is 0.479 e. The number of hydrogen-bond donors (Lipinski definition) is 2. The van der Waals surface area contributed by atoms with Crippen molar-refractivity contribution in [2.24, 2.45) is 11.8 Å². The van der Waals surface area contributed by atoms with Crippen LogP contribution in [0.3, 0.4) is 0 Å². The lowest BCUT2D eigenvalue weighted by Crippen LogP contribution is -2.57. The van der Waals surface area contributed by atoms with E-state index in [4.69, 9.17) is 17.0 Å². The van der Waals surface area contributed by atoms with Crippen LogP contribution in [0.2, 0.25) is 0 Å². The third-order valence-corrected chi connectivity index (χ3v) is 9.95. The molecule has 0 aromatic heterocycles. The summed E-state index contributed by atoms with van der Waals surface area (Å²) in [4.78, 5) is 28.2. The topological polar surface area (TPSA) is 87.1 Å². The van der Waals surface area contributed by atoms with Crippen molar-refractivity contribution < 1.29 is 42.1 Å². The molecular formula is C40H53F4NO5S. The fraction of sp³-hybridized carbons (Fsp3) is 0.575. The number of ether oxygens (including phenoxy) is 1. The van der Waals surface area contributed by atoms with Crippen LogP contribution in [-0.2, 0) is 19.9 Å². The van der Waals surface area contributed by atoms with Gasteiger partial charge in [0.15, 0.2) is 11.2 Å². The standard InChI is InChI=1S/C40H53F4NO5S/c1-4-5-6-10-19-26-38(43,44)27-20-11-8-7-9-18-25-32(39(49,36(47)48)28-33(41)42)35(46)45-34(29(2)3)40(50-37(45)51,30-21-14-12-15-22-30)31-23-16-13-17-24-31/h12-18,21-25,29,32-34,49H,4-11,19-20,26-28H2,1-3H3,(H,47,48)/b25-18+/t32-,34+,39+/m1/s1. The third kappa shape index (κ3) is 10.9. The van der Waals surface area contributed by atoms with Crippen LogP contribution in [0.4, 0.5) is 17.6 Å². The Labute approximate surface area is 305 Å². The molecule has 0 aliphatic carbocycles. The van der Waals surface area contributed by atoms with Gasteiger partial charge in [0, 0.05) is 30.4 Å². The van der Waals surface area contributed by atoms with Gasteiger partial charge in [-0.3, -0.25) is 9.69 Å². The number of alkyl halides is 4. The summed E-state index contributed by atoms with van der Waals surface area (Å²) >= 11 is 5.65. The van der Waals surface area contributed by atoms with E-state index < -0.39 is 53.8 Å². The predicted molar refractivity (Wildman–Crippen MR) is 195 cm³/mol. The van der Waals surface area contributed by atoms with Crippen LogP contribution in [0.15, 0.2) is 72.8 Å². The molecule has 1 amide bonds. The number of nitrogens with zero attached hydrogens (tertiary/aromatic N) is 1. The molecule has 6 nitrogen and oxygen atoms in total. The number of aliphatic carboxylic acids is 1. The maximum absolute atomic E-state index is 14.5. The Bertz CT molecular complexity index is 1380. The van der Waals surface area contributed by atoms with Crippen molar-refractivity contribution in [3.05, 3.63) is 83.9 Å². The van der Waals surface area contributed by atoms with Crippen molar-refractivity contribution in [1.29, 1.82) is 0 Å². The minimum Gasteiger partial charge on any atom is -0.479 e. The van der Waals surface area contributed by atoms with E-state index in [1.807, 2.05) is 74.5 Å². The Morgan fingerprint density at radius 2 is 1.41 bits per heavy atom. The van der Waals surface area contributed by atoms with Gasteiger partial charge in [0.2, 0.25) is 18.3 Å². The monoisotopic (exact) mass is 735 g/mol. The SMILES string of the molecule is CCCCCCCC(F)(F)CCCCCC/C=C/[C@H](C(=O)N1C(=S)OC(c2ccccc2)(c2ccccc2)[C@@H]1C(C)C)[C@@](O)(CC(F)F)C(=O)O. The van der Waals surface area contributed by atoms with Gasteiger partial charge in [-0.15, -0.1) is 0 Å². The zero-order valence-electron chi connectivity index (χ0n) is 29.9. The molecule has 1 fully saturated rings. The maximum Gasteiger partial charge on any atom is 0.337 e. The lowest BCUT2D eigenvalue weighted by atomic mass is 9.75. The molecule has 2 aromatic carbocycles. The summed E-state index contributed by atoms with van der Waals surface area (Å²) < 4.78 is 62.7. The first-order valence-corrected chi connectivity index (χ1v) is 18.6. The van der Waals surface area contributed by atoms with Crippen molar-refractivity contribution in [3.8, 4) is 0 Å². The normalized spacial score (nSPS) is 18.0. The zero-order valence-corrected chi connectivity index (χ0v) is 30.7. The van der Waals surface area contributed by atoms with Gasteiger partial charge in [-0.1, -0.05) is 132 Å². The number of carbonyl (C=O) groups excluding carboxylic acids is 1. The summed E-state index contributed by atoms with van der Waals surface area (Å²) in [5.74, 6) is -7.93. The Morgan fingerprint density at radius 1 is 0.902 bits per heavy atom. The van der Waals surface area contributed by atoms with Crippen molar-refractivity contribution >= 4 is 29.3 Å². The number of allylic oxidation sites excluding steroid dienone is 1. The van der Waals surface area contributed by atoms with E-state index in [1.165, 1.54) is 6.08 Å². The Hall–Kier alpha value is -3.31. The highest BCUT2D eigenvalue weighted by Crippen LogP contribution is 2.48. The minimum atomic E-state index is -3.24. The molecule has 1 saturated heterocycles. The number of carboxylic acid groups (broad SMARTS) is 1. The molecule has 282 valence electrons. The lowest BCUT2D eigenvalue weighted by molar-refractivity contribution is -0.173. The minimum absolute atomic E-state index is 0.110. The predicted octanol–water partition coefficient (Wildman–Crippen LogP) is 10.1. The molecular weight excluding hydrogens is 683 g/mol. The third-order valence-electron chi connectivity index (χ3n) is 9.67. The molecule has 51 heavy (non-hydrogen) atoms. The number of unbranched alkanes of at least 4 members (excludes halogenated alkanes) is 8. The first-order chi connectivity index (χ1) is 24.2. The van der Waals surface area contributed by atoms with Crippen molar-refractivity contribution in [3.63, 3.8) is 0 Å². The molecule has 3 atom stereocenters. The highest BCUT2D eigenvalue weighted by atomic mass is 32.1. The number of hydrogen-bond acceptors (Lipinski definition) is 5. The fourth-order valence-electron chi connectivity index (χ4n) is 7.06. The molecule has 0 spiro atoms. The number of benzene rings is 2. The molecule has 0 radical (unpaired) electrons. The Kier molecular flexibility index (Phi) is 16.1. The maximum atomic E-state index is 14.5. The second kappa shape index (κ2) is 19.5. The molecule has 11 heteroatoms. The van der Waals surface area contributed by atoms with Crippen molar-refractivity contribution in [2.45, 2.75) is 134 Å². The van der Waals surface area contributed by atoms with Crippen LogP contribution in [-0.4, -0.2) is 56.2 Å². The van der Waals surface area contributed by atoms with E-state index >= 15 is 0 Å². The molecule has 1 aliphatic rings. The number of carbonyl (C=O) groups is 2. The molecule has 2 N–H and O–H groups in total. The number of carboxylic acids is 1. The summed E-state index contributed by atoms with van der Waals surface area (Å²) in [6, 6.07) is 17.4. The summed E-state index contributed by atoms with van der Waals surface area (Å²) in [6.07, 6.45) is 4.39. The number of halogens is 4. The summed E-state index contributed by atoms with van der Waals surface area (Å²) in [5.41, 5.74) is -3.14. The van der Waals surface area contributed by atoms with E-state index in [0.717, 1.165) is 36.7 Å². The van der Waals surface area contributed by atoms with Crippen molar-refractivity contribution in [2.75, 3.05) is 0 Å². The summed E-state index contributed by atoms with van der Waals surface area (Å²) in [6.45, 7) is 5.77. The van der Waals surface area contributed by atoms with Crippen LogP contribution >= 0.6 is 12.2 Å². The second-order valence-corrected chi connectivity index (χ2v) is 14.3. The number of aliphatic hydroxyl groups is 1. The van der Waals surface area contributed by atoms with Crippen LogP contribution < -0.4 is 0 Å². The van der Waals surface area contributed by atoms with Crippen LogP contribution in [0, 0.1) is 11.8 Å². The van der Waals surface area contributed by atoms with Crippen LogP contribution in [0.25, 0.3) is 0 Å². The Morgan fingerprint density at radius 3 is 1.88 bits per heavy atom. The molecule has 1 aliphatic heterocycles. The average molecular weight is 736 g/mol.